The van der Waals surface area contributed by atoms with E-state index in [0.29, 0.717) is 34.5 Å². The van der Waals surface area contributed by atoms with Gasteiger partial charge in [0.25, 0.3) is 11.5 Å². The Balaban J connectivity index is 1.37. The predicted molar refractivity (Wildman–Crippen MR) is 128 cm³/mol. The molecule has 1 amide bonds. The van der Waals surface area contributed by atoms with Crippen molar-refractivity contribution in [3.05, 3.63) is 64.2 Å². The lowest BCUT2D eigenvalue weighted by Crippen LogP contribution is -2.26. The third-order valence-corrected chi connectivity index (χ3v) is 6.46. The van der Waals surface area contributed by atoms with Gasteiger partial charge in [0.05, 0.1) is 23.2 Å². The summed E-state index contributed by atoms with van der Waals surface area (Å²) in [6.45, 7) is 5.96. The zero-order valence-electron chi connectivity index (χ0n) is 19.0. The number of fused-ring (bicyclic) bond motifs is 1. The molecular weight excluding hydrogens is 416 g/mol. The van der Waals surface area contributed by atoms with Crippen molar-refractivity contribution in [3.63, 3.8) is 0 Å². The molecule has 3 aromatic rings. The third kappa shape index (κ3) is 4.93. The summed E-state index contributed by atoms with van der Waals surface area (Å²) in [6, 6.07) is 11.2. The lowest BCUT2D eigenvalue weighted by molar-refractivity contribution is 0.0951. The molecule has 2 heterocycles. The Labute approximate surface area is 193 Å². The van der Waals surface area contributed by atoms with Gasteiger partial charge in [-0.2, -0.15) is 0 Å². The first-order valence-electron chi connectivity index (χ1n) is 11.9. The molecule has 5 rings (SSSR count). The quantitative estimate of drug-likeness (QED) is 0.537. The van der Waals surface area contributed by atoms with Gasteiger partial charge in [0.2, 0.25) is 0 Å². The van der Waals surface area contributed by atoms with Crippen molar-refractivity contribution in [2.45, 2.75) is 45.1 Å². The number of carbonyl (C=O) groups is 1. The summed E-state index contributed by atoms with van der Waals surface area (Å²) in [6.07, 6.45) is 7.13. The smallest absolute Gasteiger partial charge is 0.265 e. The number of carbonyl (C=O) groups excluding carboxylic acids is 1. The molecule has 1 N–H and O–H groups in total. The molecule has 1 saturated heterocycles. The largest absolute Gasteiger partial charge is 0.494 e. The summed E-state index contributed by atoms with van der Waals surface area (Å²) in [5.74, 6) is 0.569. The van der Waals surface area contributed by atoms with Crippen LogP contribution in [0.4, 0.5) is 0 Å². The maximum absolute atomic E-state index is 13.4. The van der Waals surface area contributed by atoms with Crippen molar-refractivity contribution < 1.29 is 9.53 Å². The van der Waals surface area contributed by atoms with Crippen LogP contribution in [0.15, 0.2) is 47.5 Å². The van der Waals surface area contributed by atoms with Crippen LogP contribution in [0, 0.1) is 6.92 Å². The fourth-order valence-corrected chi connectivity index (χ4v) is 4.35. The molecule has 2 fully saturated rings. The van der Waals surface area contributed by atoms with Crippen LogP contribution >= 0.6 is 0 Å². The van der Waals surface area contributed by atoms with Gasteiger partial charge in [0.15, 0.2) is 0 Å². The molecular formula is C26H30N4O3. The van der Waals surface area contributed by atoms with Crippen LogP contribution in [0.1, 0.15) is 48.0 Å². The molecule has 7 heteroatoms. The SMILES string of the molecule is Cc1ccc(C(=O)NC2CC2)cc1-n1cnc2ccc(OCCCN3CCCC3)cc2c1=O. The maximum atomic E-state index is 13.4. The van der Waals surface area contributed by atoms with E-state index in [1.54, 1.807) is 18.2 Å². The fourth-order valence-electron chi connectivity index (χ4n) is 4.35. The molecule has 0 bridgehead atoms. The van der Waals surface area contributed by atoms with Crippen molar-refractivity contribution in [1.29, 1.82) is 0 Å². The molecule has 1 aromatic heterocycles. The molecule has 1 saturated carbocycles. The maximum Gasteiger partial charge on any atom is 0.265 e. The molecule has 0 spiro atoms. The number of nitrogens with one attached hydrogen (secondary N) is 1. The highest BCUT2D eigenvalue weighted by Gasteiger charge is 2.24. The molecule has 1 aliphatic heterocycles. The van der Waals surface area contributed by atoms with Crippen molar-refractivity contribution >= 4 is 16.8 Å². The Kier molecular flexibility index (Phi) is 6.13. The predicted octanol–water partition coefficient (Wildman–Crippen LogP) is 3.45. The van der Waals surface area contributed by atoms with Crippen molar-refractivity contribution in [1.82, 2.24) is 19.8 Å². The summed E-state index contributed by atoms with van der Waals surface area (Å²) < 4.78 is 7.45. The van der Waals surface area contributed by atoms with E-state index in [2.05, 4.69) is 15.2 Å². The number of aromatic nitrogens is 2. The second-order valence-corrected chi connectivity index (χ2v) is 9.10. The zero-order chi connectivity index (χ0) is 22.8. The lowest BCUT2D eigenvalue weighted by atomic mass is 10.1. The van der Waals surface area contributed by atoms with Crippen molar-refractivity contribution in [2.75, 3.05) is 26.2 Å². The summed E-state index contributed by atoms with van der Waals surface area (Å²) >= 11 is 0. The average Bonchev–Trinajstić information content (AvgIpc) is 3.48. The molecule has 33 heavy (non-hydrogen) atoms. The van der Waals surface area contributed by atoms with Gasteiger partial charge in [-0.05, 0) is 88.0 Å². The van der Waals surface area contributed by atoms with Crippen LogP contribution in [0.2, 0.25) is 0 Å². The number of aryl methyl sites for hydroxylation is 1. The van der Waals surface area contributed by atoms with Gasteiger partial charge in [-0.3, -0.25) is 14.2 Å². The zero-order valence-corrected chi connectivity index (χ0v) is 19.0. The number of benzene rings is 2. The van der Waals surface area contributed by atoms with E-state index in [4.69, 9.17) is 4.74 Å². The standard InChI is InChI=1S/C26H30N4O3/c1-18-5-6-19(25(31)28-20-7-8-20)15-24(18)30-17-27-23-10-9-21(16-22(23)26(30)32)33-14-4-13-29-11-2-3-12-29/h5-6,9-10,15-17,20H,2-4,7-8,11-14H2,1H3,(H,28,31). The number of hydrogen-bond donors (Lipinski definition) is 1. The summed E-state index contributed by atoms with van der Waals surface area (Å²) in [7, 11) is 0. The van der Waals surface area contributed by atoms with Gasteiger partial charge in [-0.1, -0.05) is 6.07 Å². The van der Waals surface area contributed by atoms with E-state index < -0.39 is 0 Å². The van der Waals surface area contributed by atoms with Crippen molar-refractivity contribution in [2.24, 2.45) is 0 Å². The minimum atomic E-state index is -0.176. The minimum Gasteiger partial charge on any atom is -0.494 e. The van der Waals surface area contributed by atoms with E-state index in [1.807, 2.05) is 25.1 Å². The van der Waals surface area contributed by atoms with Crippen LogP contribution in [-0.4, -0.2) is 52.6 Å². The Morgan fingerprint density at radius 1 is 1.15 bits per heavy atom. The van der Waals surface area contributed by atoms with Crippen LogP contribution in [0.25, 0.3) is 16.6 Å². The molecule has 0 unspecified atom stereocenters. The average molecular weight is 447 g/mol. The highest BCUT2D eigenvalue weighted by molar-refractivity contribution is 5.95. The topological polar surface area (TPSA) is 76.5 Å². The Morgan fingerprint density at radius 2 is 1.97 bits per heavy atom. The molecule has 0 radical (unpaired) electrons. The number of ether oxygens (including phenoxy) is 1. The van der Waals surface area contributed by atoms with Crippen LogP contribution in [0.5, 0.6) is 5.75 Å². The summed E-state index contributed by atoms with van der Waals surface area (Å²) in [4.78, 5) is 32.8. The van der Waals surface area contributed by atoms with Crippen molar-refractivity contribution in [3.8, 4) is 11.4 Å². The Bertz CT molecular complexity index is 1230. The third-order valence-electron chi connectivity index (χ3n) is 6.46. The highest BCUT2D eigenvalue weighted by Crippen LogP contribution is 2.22. The first kappa shape index (κ1) is 21.6. The molecule has 1 aliphatic carbocycles. The number of likely N-dealkylation sites (tertiary alicyclic amines) is 1. The van der Waals surface area contributed by atoms with E-state index in [-0.39, 0.29) is 17.5 Å². The first-order valence-corrected chi connectivity index (χ1v) is 11.9. The number of hydrogen-bond acceptors (Lipinski definition) is 5. The van der Waals surface area contributed by atoms with Gasteiger partial charge in [-0.15, -0.1) is 0 Å². The van der Waals surface area contributed by atoms with E-state index in [9.17, 15) is 9.59 Å². The molecule has 0 atom stereocenters. The summed E-state index contributed by atoms with van der Waals surface area (Å²) in [5, 5.41) is 3.50. The van der Waals surface area contributed by atoms with Crippen LogP contribution in [-0.2, 0) is 0 Å². The second-order valence-electron chi connectivity index (χ2n) is 9.10. The van der Waals surface area contributed by atoms with Gasteiger partial charge in [0, 0.05) is 18.2 Å². The van der Waals surface area contributed by atoms with Crippen LogP contribution < -0.4 is 15.6 Å². The van der Waals surface area contributed by atoms with Gasteiger partial charge >= 0.3 is 0 Å². The number of amides is 1. The second kappa shape index (κ2) is 9.35. The Hall–Kier alpha value is -3.19. The summed E-state index contributed by atoms with van der Waals surface area (Å²) in [5.41, 5.74) is 2.56. The van der Waals surface area contributed by atoms with Gasteiger partial charge in [0.1, 0.15) is 12.1 Å². The molecule has 7 nitrogen and oxygen atoms in total. The molecule has 172 valence electrons. The molecule has 2 aromatic carbocycles. The van der Waals surface area contributed by atoms with E-state index in [0.717, 1.165) is 31.4 Å². The first-order chi connectivity index (χ1) is 16.1. The minimum absolute atomic E-state index is 0.106. The lowest BCUT2D eigenvalue weighted by Gasteiger charge is -2.15. The monoisotopic (exact) mass is 446 g/mol. The fraction of sp³-hybridized carbons (Fsp3) is 0.423. The van der Waals surface area contributed by atoms with Crippen LogP contribution in [0.3, 0.4) is 0 Å². The number of nitrogens with zero attached hydrogens (tertiary/aromatic N) is 3. The van der Waals surface area contributed by atoms with Gasteiger partial charge in [-0.25, -0.2) is 4.98 Å². The highest BCUT2D eigenvalue weighted by atomic mass is 16.5. The Morgan fingerprint density at radius 3 is 2.76 bits per heavy atom. The van der Waals surface area contributed by atoms with E-state index >= 15 is 0 Å². The van der Waals surface area contributed by atoms with E-state index in [1.165, 1.54) is 36.8 Å². The number of rotatable bonds is 8. The normalized spacial score (nSPS) is 16.3. The molecule has 2 aliphatic rings. The van der Waals surface area contributed by atoms with Gasteiger partial charge < -0.3 is 15.0 Å².